The van der Waals surface area contributed by atoms with Gasteiger partial charge in [0.05, 0.1) is 0 Å². The van der Waals surface area contributed by atoms with Crippen LogP contribution in [0.15, 0.2) is 88.7 Å². The van der Waals surface area contributed by atoms with E-state index in [4.69, 9.17) is 0 Å². The highest BCUT2D eigenvalue weighted by Crippen LogP contribution is 2.33. The number of hydrogen-bond acceptors (Lipinski definition) is 2. The highest BCUT2D eigenvalue weighted by molar-refractivity contribution is 7.81. The zero-order valence-corrected chi connectivity index (χ0v) is 14.0. The summed E-state index contributed by atoms with van der Waals surface area (Å²) in [5, 5.41) is 4.02. The monoisotopic (exact) mass is 326 g/mol. The molecule has 0 spiro atoms. The van der Waals surface area contributed by atoms with Crippen molar-refractivity contribution in [2.24, 2.45) is 0 Å². The Morgan fingerprint density at radius 2 is 0.857 bits per heavy atom. The predicted octanol–water partition coefficient (Wildman–Crippen LogP) is 4.02. The molecule has 3 rings (SSSR count). The van der Waals surface area contributed by atoms with E-state index in [1.54, 1.807) is 0 Å². The molecular formula is C18H15PS2. The number of thiol groups is 2. The highest BCUT2D eigenvalue weighted by atomic mass is 32.1. The number of rotatable bonds is 3. The predicted molar refractivity (Wildman–Crippen MR) is 99.7 cm³/mol. The molecule has 21 heavy (non-hydrogen) atoms. The Kier molecular flexibility index (Phi) is 4.70. The summed E-state index contributed by atoms with van der Waals surface area (Å²) in [6.07, 6.45) is 0. The van der Waals surface area contributed by atoms with Crippen LogP contribution in [0, 0.1) is 0 Å². The molecule has 0 aliphatic heterocycles. The summed E-state index contributed by atoms with van der Waals surface area (Å²) in [5.74, 6) is 0. The van der Waals surface area contributed by atoms with E-state index in [-0.39, 0.29) is 0 Å². The molecule has 0 saturated heterocycles. The first kappa shape index (κ1) is 14.7. The van der Waals surface area contributed by atoms with Gasteiger partial charge in [-0.05, 0) is 48.1 Å². The molecule has 0 amide bonds. The van der Waals surface area contributed by atoms with E-state index in [1.807, 2.05) is 0 Å². The van der Waals surface area contributed by atoms with Crippen LogP contribution in [0.5, 0.6) is 0 Å². The van der Waals surface area contributed by atoms with Gasteiger partial charge in [-0.25, -0.2) is 0 Å². The van der Waals surface area contributed by atoms with Crippen molar-refractivity contribution in [3.63, 3.8) is 0 Å². The van der Waals surface area contributed by atoms with Crippen LogP contribution >= 0.6 is 33.2 Å². The molecule has 0 heterocycles. The fraction of sp³-hybridized carbons (Fsp3) is 0. The van der Waals surface area contributed by atoms with Gasteiger partial charge in [0.15, 0.2) is 0 Å². The van der Waals surface area contributed by atoms with E-state index in [1.165, 1.54) is 15.9 Å². The minimum Gasteiger partial charge on any atom is -0.143 e. The smallest absolute Gasteiger partial charge is 0.00404 e. The summed E-state index contributed by atoms with van der Waals surface area (Å²) in [6.45, 7) is 0. The third kappa shape index (κ3) is 3.52. The number of hydrogen-bond donors (Lipinski definition) is 2. The normalized spacial score (nSPS) is 10.8. The lowest BCUT2D eigenvalue weighted by molar-refractivity contribution is 1.49. The Morgan fingerprint density at radius 3 is 1.29 bits per heavy atom. The zero-order chi connectivity index (χ0) is 14.7. The summed E-state index contributed by atoms with van der Waals surface area (Å²) in [6, 6.07) is 27.6. The van der Waals surface area contributed by atoms with Crippen molar-refractivity contribution in [1.82, 2.24) is 0 Å². The molecule has 0 aliphatic carbocycles. The number of benzene rings is 3. The van der Waals surface area contributed by atoms with Crippen molar-refractivity contribution in [3.05, 3.63) is 78.9 Å². The van der Waals surface area contributed by atoms with Crippen LogP contribution < -0.4 is 15.9 Å². The maximum Gasteiger partial charge on any atom is 0.00404 e. The summed E-state index contributed by atoms with van der Waals surface area (Å²) in [7, 11) is -0.539. The second-order valence-electron chi connectivity index (χ2n) is 4.70. The van der Waals surface area contributed by atoms with Crippen LogP contribution in [0.25, 0.3) is 0 Å². The van der Waals surface area contributed by atoms with Gasteiger partial charge >= 0.3 is 0 Å². The van der Waals surface area contributed by atoms with Gasteiger partial charge in [-0.1, -0.05) is 54.6 Å². The Balaban J connectivity index is 2.11. The molecule has 0 N–H and O–H groups in total. The molecule has 104 valence electrons. The molecular weight excluding hydrogens is 311 g/mol. The molecule has 0 nitrogen and oxygen atoms in total. The summed E-state index contributed by atoms with van der Waals surface area (Å²) in [5.41, 5.74) is 0. The van der Waals surface area contributed by atoms with Crippen molar-refractivity contribution in [3.8, 4) is 0 Å². The molecule has 0 saturated carbocycles. The SMILES string of the molecule is Sc1ccc(P(c2ccccc2)c2ccc(S)cc2)cc1. The fourth-order valence-electron chi connectivity index (χ4n) is 2.23. The molecule has 0 atom stereocenters. The van der Waals surface area contributed by atoms with E-state index in [9.17, 15) is 0 Å². The van der Waals surface area contributed by atoms with E-state index in [2.05, 4.69) is 104 Å². The summed E-state index contributed by atoms with van der Waals surface area (Å²) in [4.78, 5) is 1.99. The van der Waals surface area contributed by atoms with Gasteiger partial charge in [-0.3, -0.25) is 0 Å². The topological polar surface area (TPSA) is 0 Å². The molecule has 3 heteroatoms. The molecule has 0 aliphatic rings. The van der Waals surface area contributed by atoms with Crippen LogP contribution in [-0.4, -0.2) is 0 Å². The van der Waals surface area contributed by atoms with E-state index >= 15 is 0 Å². The Morgan fingerprint density at radius 1 is 0.476 bits per heavy atom. The minimum atomic E-state index is -0.539. The van der Waals surface area contributed by atoms with Crippen molar-refractivity contribution in [1.29, 1.82) is 0 Å². The molecule has 0 radical (unpaired) electrons. The summed E-state index contributed by atoms with van der Waals surface area (Å²) < 4.78 is 0. The van der Waals surface area contributed by atoms with Gasteiger partial charge in [0.25, 0.3) is 0 Å². The van der Waals surface area contributed by atoms with E-state index < -0.39 is 7.92 Å². The molecule has 0 bridgehead atoms. The summed E-state index contributed by atoms with van der Waals surface area (Å²) >= 11 is 8.77. The highest BCUT2D eigenvalue weighted by Gasteiger charge is 2.15. The molecule has 0 aromatic heterocycles. The molecule has 0 unspecified atom stereocenters. The van der Waals surface area contributed by atoms with Crippen molar-refractivity contribution in [2.75, 3.05) is 0 Å². The third-order valence-corrected chi connectivity index (χ3v) is 6.27. The first-order valence-corrected chi connectivity index (χ1v) is 8.91. The van der Waals surface area contributed by atoms with Crippen LogP contribution in [0.3, 0.4) is 0 Å². The van der Waals surface area contributed by atoms with Crippen LogP contribution in [0.4, 0.5) is 0 Å². The first-order chi connectivity index (χ1) is 10.2. The van der Waals surface area contributed by atoms with Gasteiger partial charge in [-0.2, -0.15) is 0 Å². The zero-order valence-electron chi connectivity index (χ0n) is 11.3. The second-order valence-corrected chi connectivity index (χ2v) is 7.96. The largest absolute Gasteiger partial charge is 0.143 e. The van der Waals surface area contributed by atoms with Gasteiger partial charge in [-0.15, -0.1) is 25.3 Å². The van der Waals surface area contributed by atoms with E-state index in [0.29, 0.717) is 0 Å². The van der Waals surface area contributed by atoms with Gasteiger partial charge in [0.2, 0.25) is 0 Å². The average molecular weight is 326 g/mol. The Bertz CT molecular complexity index is 661. The second kappa shape index (κ2) is 6.70. The maximum atomic E-state index is 4.39. The lowest BCUT2D eigenvalue weighted by Gasteiger charge is -2.19. The fourth-order valence-corrected chi connectivity index (χ4v) is 4.78. The van der Waals surface area contributed by atoms with Crippen molar-refractivity contribution < 1.29 is 0 Å². The third-order valence-electron chi connectivity index (χ3n) is 3.23. The van der Waals surface area contributed by atoms with E-state index in [0.717, 1.165) is 9.79 Å². The van der Waals surface area contributed by atoms with Crippen LogP contribution in [0.1, 0.15) is 0 Å². The molecule has 3 aromatic rings. The molecule has 3 aromatic carbocycles. The van der Waals surface area contributed by atoms with Crippen molar-refractivity contribution in [2.45, 2.75) is 9.79 Å². The standard InChI is InChI=1S/C18H15PS2/c20-17-10-6-15(7-11-17)19(14-4-2-1-3-5-14)16-8-12-18(21)13-9-16/h1-13,20-21H. The van der Waals surface area contributed by atoms with Gasteiger partial charge in [0, 0.05) is 9.79 Å². The van der Waals surface area contributed by atoms with Crippen LogP contribution in [-0.2, 0) is 0 Å². The Labute approximate surface area is 137 Å². The Hall–Kier alpha value is -1.21. The van der Waals surface area contributed by atoms with Gasteiger partial charge in [0.1, 0.15) is 0 Å². The quantitative estimate of drug-likeness (QED) is 0.527. The van der Waals surface area contributed by atoms with Crippen LogP contribution in [0.2, 0.25) is 0 Å². The average Bonchev–Trinajstić information content (AvgIpc) is 2.52. The minimum absolute atomic E-state index is 0.539. The molecule has 0 fully saturated rings. The van der Waals surface area contributed by atoms with Gasteiger partial charge < -0.3 is 0 Å². The van der Waals surface area contributed by atoms with Crippen molar-refractivity contribution >= 4 is 49.1 Å². The maximum absolute atomic E-state index is 4.39. The lowest BCUT2D eigenvalue weighted by atomic mass is 10.3. The lowest BCUT2D eigenvalue weighted by Crippen LogP contribution is -2.20. The first-order valence-electron chi connectivity index (χ1n) is 6.67.